The quantitative estimate of drug-likeness (QED) is 0.789. The van der Waals surface area contributed by atoms with E-state index in [0.717, 1.165) is 5.69 Å². The van der Waals surface area contributed by atoms with Gasteiger partial charge in [0.25, 0.3) is 0 Å². The van der Waals surface area contributed by atoms with Crippen molar-refractivity contribution in [3.05, 3.63) is 28.7 Å². The molecule has 0 unspecified atom stereocenters. The van der Waals surface area contributed by atoms with Crippen LogP contribution in [0, 0.1) is 0 Å². The second-order valence-corrected chi connectivity index (χ2v) is 4.86. The summed E-state index contributed by atoms with van der Waals surface area (Å²) in [6.07, 6.45) is 1.98. The summed E-state index contributed by atoms with van der Waals surface area (Å²) in [4.78, 5) is 40.5. The number of rotatable bonds is 4. The summed E-state index contributed by atoms with van der Waals surface area (Å²) in [7, 11) is 1.32. The van der Waals surface area contributed by atoms with Gasteiger partial charge in [-0.25, -0.2) is 0 Å². The van der Waals surface area contributed by atoms with Crippen LogP contribution in [-0.4, -0.2) is 55.0 Å². The first-order valence-electron chi connectivity index (χ1n) is 6.88. The molecule has 1 amide bonds. The molecule has 0 aromatic carbocycles. The van der Waals surface area contributed by atoms with Crippen LogP contribution in [0.5, 0.6) is 0 Å². The first kappa shape index (κ1) is 15.1. The smallest absolute Gasteiger partial charge is 0.306 e. The van der Waals surface area contributed by atoms with Gasteiger partial charge in [-0.1, -0.05) is 0 Å². The standard InChI is InChI=1S/C14H19N3O4/c1-21-14(20)5-4-13(19)17-8-6-16(7-9-17)11-2-3-12(18)15-10-11/h2-3,10H,4-9H2,1H3,(H,15,18). The molecule has 21 heavy (non-hydrogen) atoms. The number of pyridine rings is 1. The molecule has 1 aromatic rings. The zero-order chi connectivity index (χ0) is 15.2. The maximum atomic E-state index is 12.0. The Hall–Kier alpha value is -2.31. The number of carbonyl (C=O) groups excluding carboxylic acids is 2. The van der Waals surface area contributed by atoms with Crippen molar-refractivity contribution in [2.45, 2.75) is 12.8 Å². The van der Waals surface area contributed by atoms with Crippen LogP contribution >= 0.6 is 0 Å². The van der Waals surface area contributed by atoms with Crippen molar-refractivity contribution >= 4 is 17.6 Å². The van der Waals surface area contributed by atoms with Gasteiger partial charge >= 0.3 is 5.97 Å². The lowest BCUT2D eigenvalue weighted by Gasteiger charge is -2.36. The van der Waals surface area contributed by atoms with Crippen LogP contribution in [-0.2, 0) is 14.3 Å². The molecule has 7 nitrogen and oxygen atoms in total. The molecule has 2 heterocycles. The van der Waals surface area contributed by atoms with Crippen molar-refractivity contribution in [2.75, 3.05) is 38.2 Å². The van der Waals surface area contributed by atoms with E-state index in [0.29, 0.717) is 26.2 Å². The van der Waals surface area contributed by atoms with Crippen LogP contribution in [0.2, 0.25) is 0 Å². The van der Waals surface area contributed by atoms with Gasteiger partial charge in [-0.3, -0.25) is 14.4 Å². The molecule has 1 saturated heterocycles. The molecule has 1 aromatic heterocycles. The Morgan fingerprint density at radius 2 is 1.90 bits per heavy atom. The van der Waals surface area contributed by atoms with E-state index in [2.05, 4.69) is 14.6 Å². The van der Waals surface area contributed by atoms with E-state index < -0.39 is 0 Å². The molecule has 7 heteroatoms. The molecule has 2 rings (SSSR count). The van der Waals surface area contributed by atoms with Crippen LogP contribution in [0.1, 0.15) is 12.8 Å². The Labute approximate surface area is 122 Å². The Morgan fingerprint density at radius 3 is 2.48 bits per heavy atom. The zero-order valence-corrected chi connectivity index (χ0v) is 12.0. The van der Waals surface area contributed by atoms with Crippen molar-refractivity contribution in [1.82, 2.24) is 9.88 Å². The number of esters is 1. The lowest BCUT2D eigenvalue weighted by Crippen LogP contribution is -2.49. The van der Waals surface area contributed by atoms with E-state index in [1.807, 2.05) is 0 Å². The van der Waals surface area contributed by atoms with Gasteiger partial charge in [0.2, 0.25) is 11.5 Å². The summed E-state index contributed by atoms with van der Waals surface area (Å²) in [6.45, 7) is 2.63. The first-order chi connectivity index (χ1) is 10.1. The van der Waals surface area contributed by atoms with Crippen molar-refractivity contribution in [1.29, 1.82) is 0 Å². The third-order valence-corrected chi connectivity index (χ3v) is 3.54. The highest BCUT2D eigenvalue weighted by Gasteiger charge is 2.21. The average molecular weight is 293 g/mol. The fourth-order valence-corrected chi connectivity index (χ4v) is 2.28. The number of amides is 1. The molecule has 1 aliphatic rings. The van der Waals surface area contributed by atoms with E-state index in [-0.39, 0.29) is 30.3 Å². The number of hydrogen-bond donors (Lipinski definition) is 1. The number of ether oxygens (including phenoxy) is 1. The molecule has 0 saturated carbocycles. The predicted molar refractivity (Wildman–Crippen MR) is 77.1 cm³/mol. The normalized spacial score (nSPS) is 14.9. The van der Waals surface area contributed by atoms with Crippen LogP contribution in [0.25, 0.3) is 0 Å². The number of anilines is 1. The molecule has 0 radical (unpaired) electrons. The highest BCUT2D eigenvalue weighted by molar-refractivity contribution is 5.81. The number of carbonyl (C=O) groups is 2. The van der Waals surface area contributed by atoms with Gasteiger partial charge in [0.1, 0.15) is 0 Å². The second kappa shape index (κ2) is 6.92. The lowest BCUT2D eigenvalue weighted by atomic mass is 10.2. The van der Waals surface area contributed by atoms with E-state index in [1.54, 1.807) is 17.2 Å². The van der Waals surface area contributed by atoms with Crippen molar-refractivity contribution in [2.24, 2.45) is 0 Å². The molecule has 1 aliphatic heterocycles. The molecule has 1 fully saturated rings. The number of piperazine rings is 1. The maximum Gasteiger partial charge on any atom is 0.306 e. The Kier molecular flexibility index (Phi) is 4.97. The summed E-state index contributed by atoms with van der Waals surface area (Å²) in [6, 6.07) is 3.26. The van der Waals surface area contributed by atoms with Crippen molar-refractivity contribution in [3.63, 3.8) is 0 Å². The maximum absolute atomic E-state index is 12.0. The van der Waals surface area contributed by atoms with E-state index in [9.17, 15) is 14.4 Å². The number of hydrogen-bond acceptors (Lipinski definition) is 5. The largest absolute Gasteiger partial charge is 0.469 e. The van der Waals surface area contributed by atoms with Gasteiger partial charge < -0.3 is 19.5 Å². The van der Waals surface area contributed by atoms with Crippen LogP contribution in [0.4, 0.5) is 5.69 Å². The molecular formula is C14H19N3O4. The van der Waals surface area contributed by atoms with Gasteiger partial charge in [0.05, 0.1) is 19.2 Å². The second-order valence-electron chi connectivity index (χ2n) is 4.86. The summed E-state index contributed by atoms with van der Waals surface area (Å²) in [5.74, 6) is -0.392. The van der Waals surface area contributed by atoms with Crippen LogP contribution in [0.15, 0.2) is 23.1 Å². The predicted octanol–water partition coefficient (Wildman–Crippen LogP) is -0.0233. The molecule has 1 N–H and O–H groups in total. The Morgan fingerprint density at radius 1 is 1.19 bits per heavy atom. The Bertz CT molecular complexity index is 541. The third-order valence-electron chi connectivity index (χ3n) is 3.54. The van der Waals surface area contributed by atoms with Gasteiger partial charge in [-0.2, -0.15) is 0 Å². The number of nitrogens with one attached hydrogen (secondary N) is 1. The monoisotopic (exact) mass is 293 g/mol. The minimum Gasteiger partial charge on any atom is -0.469 e. The fourth-order valence-electron chi connectivity index (χ4n) is 2.28. The minimum absolute atomic E-state index is 0.0264. The topological polar surface area (TPSA) is 82.7 Å². The van der Waals surface area contributed by atoms with Gasteiger partial charge in [-0.05, 0) is 6.07 Å². The minimum atomic E-state index is -0.366. The molecule has 0 spiro atoms. The van der Waals surface area contributed by atoms with Crippen molar-refractivity contribution in [3.8, 4) is 0 Å². The number of H-pyrrole nitrogens is 1. The molecule has 0 bridgehead atoms. The summed E-state index contributed by atoms with van der Waals surface area (Å²) in [5, 5.41) is 0. The van der Waals surface area contributed by atoms with E-state index in [4.69, 9.17) is 0 Å². The van der Waals surface area contributed by atoms with Crippen LogP contribution < -0.4 is 10.5 Å². The summed E-state index contributed by atoms with van der Waals surface area (Å²) >= 11 is 0. The number of nitrogens with zero attached hydrogens (tertiary/aromatic N) is 2. The SMILES string of the molecule is COC(=O)CCC(=O)N1CCN(c2ccc(=O)[nH]c2)CC1. The van der Waals surface area contributed by atoms with Gasteiger partial charge in [-0.15, -0.1) is 0 Å². The number of methoxy groups -OCH3 is 1. The molecule has 0 atom stereocenters. The van der Waals surface area contributed by atoms with Crippen molar-refractivity contribution < 1.29 is 14.3 Å². The Balaban J connectivity index is 1.82. The third kappa shape index (κ3) is 4.08. The highest BCUT2D eigenvalue weighted by atomic mass is 16.5. The van der Waals surface area contributed by atoms with E-state index >= 15 is 0 Å². The lowest BCUT2D eigenvalue weighted by molar-refractivity contribution is -0.143. The highest BCUT2D eigenvalue weighted by Crippen LogP contribution is 2.14. The van der Waals surface area contributed by atoms with Crippen LogP contribution in [0.3, 0.4) is 0 Å². The first-order valence-corrected chi connectivity index (χ1v) is 6.88. The fraction of sp³-hybridized carbons (Fsp3) is 0.500. The molecule has 0 aliphatic carbocycles. The van der Waals surface area contributed by atoms with Gasteiger partial charge in [0, 0.05) is 44.9 Å². The average Bonchev–Trinajstić information content (AvgIpc) is 2.53. The number of aromatic nitrogens is 1. The molecule has 114 valence electrons. The zero-order valence-electron chi connectivity index (χ0n) is 12.0. The summed E-state index contributed by atoms with van der Waals surface area (Å²) in [5.41, 5.74) is 0.812. The van der Waals surface area contributed by atoms with E-state index in [1.165, 1.54) is 13.2 Å². The number of aromatic amines is 1. The molecular weight excluding hydrogens is 274 g/mol. The van der Waals surface area contributed by atoms with Gasteiger partial charge in [0.15, 0.2) is 0 Å². The summed E-state index contributed by atoms with van der Waals surface area (Å²) < 4.78 is 4.53.